The SMILES string of the molecule is CCCC(C)C(=O)Nc1cc(Cl)ccc1C. The van der Waals surface area contributed by atoms with E-state index in [9.17, 15) is 4.79 Å². The van der Waals surface area contributed by atoms with Crippen LogP contribution in [0, 0.1) is 12.8 Å². The highest BCUT2D eigenvalue weighted by Gasteiger charge is 2.12. The Kier molecular flexibility index (Phi) is 4.81. The minimum Gasteiger partial charge on any atom is -0.326 e. The van der Waals surface area contributed by atoms with Crippen LogP contribution in [0.15, 0.2) is 18.2 Å². The number of anilines is 1. The van der Waals surface area contributed by atoms with Gasteiger partial charge in [-0.1, -0.05) is 37.9 Å². The zero-order valence-electron chi connectivity index (χ0n) is 10.0. The lowest BCUT2D eigenvalue weighted by molar-refractivity contribution is -0.119. The highest BCUT2D eigenvalue weighted by Crippen LogP contribution is 2.21. The van der Waals surface area contributed by atoms with E-state index >= 15 is 0 Å². The zero-order chi connectivity index (χ0) is 12.1. The lowest BCUT2D eigenvalue weighted by Gasteiger charge is -2.13. The van der Waals surface area contributed by atoms with Gasteiger partial charge in [-0.2, -0.15) is 0 Å². The van der Waals surface area contributed by atoms with Gasteiger partial charge in [0.05, 0.1) is 0 Å². The van der Waals surface area contributed by atoms with E-state index in [0.717, 1.165) is 24.1 Å². The minimum absolute atomic E-state index is 0.0448. The Morgan fingerprint density at radius 1 is 1.50 bits per heavy atom. The second-order valence-corrected chi connectivity index (χ2v) is 4.57. The van der Waals surface area contributed by atoms with E-state index in [1.165, 1.54) is 0 Å². The molecule has 1 atom stereocenters. The van der Waals surface area contributed by atoms with Gasteiger partial charge in [-0.3, -0.25) is 4.79 Å². The molecule has 88 valence electrons. The molecule has 0 aliphatic rings. The summed E-state index contributed by atoms with van der Waals surface area (Å²) >= 11 is 5.89. The Labute approximate surface area is 102 Å². The lowest BCUT2D eigenvalue weighted by Crippen LogP contribution is -2.20. The summed E-state index contributed by atoms with van der Waals surface area (Å²) in [6, 6.07) is 5.51. The van der Waals surface area contributed by atoms with Crippen LogP contribution >= 0.6 is 11.6 Å². The number of nitrogens with one attached hydrogen (secondary N) is 1. The molecular weight excluding hydrogens is 222 g/mol. The molecule has 0 aliphatic heterocycles. The molecule has 3 heteroatoms. The molecule has 0 aliphatic carbocycles. The second-order valence-electron chi connectivity index (χ2n) is 4.14. The first kappa shape index (κ1) is 13.0. The van der Waals surface area contributed by atoms with Crippen molar-refractivity contribution < 1.29 is 4.79 Å². The van der Waals surface area contributed by atoms with Crippen molar-refractivity contribution in [3.8, 4) is 0 Å². The summed E-state index contributed by atoms with van der Waals surface area (Å²) in [5, 5.41) is 3.55. The normalized spacial score (nSPS) is 12.2. The third-order valence-electron chi connectivity index (χ3n) is 2.63. The van der Waals surface area contributed by atoms with Crippen molar-refractivity contribution in [2.75, 3.05) is 5.32 Å². The molecule has 1 amide bonds. The Morgan fingerprint density at radius 2 is 2.19 bits per heavy atom. The summed E-state index contributed by atoms with van der Waals surface area (Å²) in [5.74, 6) is 0.107. The van der Waals surface area contributed by atoms with E-state index in [4.69, 9.17) is 11.6 Å². The monoisotopic (exact) mass is 239 g/mol. The largest absolute Gasteiger partial charge is 0.326 e. The second kappa shape index (κ2) is 5.90. The first-order chi connectivity index (χ1) is 7.54. The first-order valence-electron chi connectivity index (χ1n) is 5.61. The Bertz CT molecular complexity index is 376. The van der Waals surface area contributed by atoms with Crippen LogP contribution in [0.2, 0.25) is 5.02 Å². The molecule has 0 saturated carbocycles. The number of carbonyl (C=O) groups is 1. The van der Waals surface area contributed by atoms with Gasteiger partial charge in [0.2, 0.25) is 5.91 Å². The van der Waals surface area contributed by atoms with Gasteiger partial charge in [-0.15, -0.1) is 0 Å². The molecule has 0 fully saturated rings. The number of hydrogen-bond acceptors (Lipinski definition) is 1. The van der Waals surface area contributed by atoms with Crippen molar-refractivity contribution >= 4 is 23.2 Å². The summed E-state index contributed by atoms with van der Waals surface area (Å²) in [5.41, 5.74) is 1.84. The van der Waals surface area contributed by atoms with Crippen LogP contribution in [0.25, 0.3) is 0 Å². The quantitative estimate of drug-likeness (QED) is 0.845. The molecule has 0 radical (unpaired) electrons. The highest BCUT2D eigenvalue weighted by molar-refractivity contribution is 6.31. The van der Waals surface area contributed by atoms with Crippen molar-refractivity contribution in [1.82, 2.24) is 0 Å². The molecule has 0 aromatic heterocycles. The predicted molar refractivity (Wildman–Crippen MR) is 68.9 cm³/mol. The maximum Gasteiger partial charge on any atom is 0.227 e. The first-order valence-corrected chi connectivity index (χ1v) is 5.99. The molecule has 16 heavy (non-hydrogen) atoms. The predicted octanol–water partition coefficient (Wildman–Crippen LogP) is 4.02. The Balaban J connectivity index is 2.72. The van der Waals surface area contributed by atoms with Crippen LogP contribution in [0.3, 0.4) is 0 Å². The fourth-order valence-corrected chi connectivity index (χ4v) is 1.72. The van der Waals surface area contributed by atoms with E-state index in [-0.39, 0.29) is 11.8 Å². The maximum atomic E-state index is 11.8. The number of rotatable bonds is 4. The van der Waals surface area contributed by atoms with Gasteiger partial charge in [0.1, 0.15) is 0 Å². The fourth-order valence-electron chi connectivity index (χ4n) is 1.55. The Morgan fingerprint density at radius 3 is 2.81 bits per heavy atom. The summed E-state index contributed by atoms with van der Waals surface area (Å²) in [6.45, 7) is 5.98. The molecule has 0 saturated heterocycles. The number of hydrogen-bond donors (Lipinski definition) is 1. The van der Waals surface area contributed by atoms with E-state index in [1.807, 2.05) is 26.0 Å². The van der Waals surface area contributed by atoms with Crippen molar-refractivity contribution in [2.24, 2.45) is 5.92 Å². The van der Waals surface area contributed by atoms with Crippen molar-refractivity contribution in [1.29, 1.82) is 0 Å². The smallest absolute Gasteiger partial charge is 0.227 e. The molecule has 0 heterocycles. The number of benzene rings is 1. The van der Waals surface area contributed by atoms with Gasteiger partial charge in [0.15, 0.2) is 0 Å². The van der Waals surface area contributed by atoms with Crippen LogP contribution in [0.4, 0.5) is 5.69 Å². The summed E-state index contributed by atoms with van der Waals surface area (Å²) in [6.07, 6.45) is 1.93. The molecule has 0 spiro atoms. The molecule has 1 aromatic rings. The summed E-state index contributed by atoms with van der Waals surface area (Å²) in [4.78, 5) is 11.8. The fraction of sp³-hybridized carbons (Fsp3) is 0.462. The third kappa shape index (κ3) is 3.53. The molecule has 0 bridgehead atoms. The summed E-state index contributed by atoms with van der Waals surface area (Å²) < 4.78 is 0. The molecule has 1 aromatic carbocycles. The number of amides is 1. The topological polar surface area (TPSA) is 29.1 Å². The van der Waals surface area contributed by atoms with Crippen LogP contribution in [0.5, 0.6) is 0 Å². The Hall–Kier alpha value is -1.02. The zero-order valence-corrected chi connectivity index (χ0v) is 10.8. The van der Waals surface area contributed by atoms with Crippen molar-refractivity contribution in [3.63, 3.8) is 0 Å². The summed E-state index contributed by atoms with van der Waals surface area (Å²) in [7, 11) is 0. The third-order valence-corrected chi connectivity index (χ3v) is 2.86. The maximum absolute atomic E-state index is 11.8. The molecular formula is C13H18ClNO. The number of halogens is 1. The van der Waals surface area contributed by atoms with Crippen LogP contribution in [-0.2, 0) is 4.79 Å². The molecule has 1 N–H and O–H groups in total. The highest BCUT2D eigenvalue weighted by atomic mass is 35.5. The van der Waals surface area contributed by atoms with E-state index in [2.05, 4.69) is 12.2 Å². The van der Waals surface area contributed by atoms with Crippen LogP contribution in [-0.4, -0.2) is 5.91 Å². The average Bonchev–Trinajstić information content (AvgIpc) is 2.23. The van der Waals surface area contributed by atoms with Gasteiger partial charge in [0, 0.05) is 16.6 Å². The molecule has 1 rings (SSSR count). The van der Waals surface area contributed by atoms with Gasteiger partial charge < -0.3 is 5.32 Å². The average molecular weight is 240 g/mol. The van der Waals surface area contributed by atoms with Gasteiger partial charge in [0.25, 0.3) is 0 Å². The number of aryl methyl sites for hydroxylation is 1. The molecule has 1 unspecified atom stereocenters. The minimum atomic E-state index is 0.0448. The van der Waals surface area contributed by atoms with Crippen molar-refractivity contribution in [3.05, 3.63) is 28.8 Å². The van der Waals surface area contributed by atoms with Gasteiger partial charge in [-0.25, -0.2) is 0 Å². The number of carbonyl (C=O) groups excluding carboxylic acids is 1. The van der Waals surface area contributed by atoms with E-state index in [1.54, 1.807) is 6.07 Å². The standard InChI is InChI=1S/C13H18ClNO/c1-4-5-10(3)13(16)15-12-8-11(14)7-6-9(12)2/h6-8,10H,4-5H2,1-3H3,(H,15,16). The van der Waals surface area contributed by atoms with Gasteiger partial charge in [-0.05, 0) is 31.0 Å². The molecule has 2 nitrogen and oxygen atoms in total. The van der Waals surface area contributed by atoms with Gasteiger partial charge >= 0.3 is 0 Å². The van der Waals surface area contributed by atoms with E-state index < -0.39 is 0 Å². The van der Waals surface area contributed by atoms with Crippen LogP contribution in [0.1, 0.15) is 32.3 Å². The van der Waals surface area contributed by atoms with E-state index in [0.29, 0.717) is 5.02 Å². The van der Waals surface area contributed by atoms with Crippen LogP contribution < -0.4 is 5.32 Å². The lowest BCUT2D eigenvalue weighted by atomic mass is 10.1. The van der Waals surface area contributed by atoms with Crippen molar-refractivity contribution in [2.45, 2.75) is 33.6 Å².